The van der Waals surface area contributed by atoms with Crippen molar-refractivity contribution >= 4 is 5.78 Å². The van der Waals surface area contributed by atoms with Gasteiger partial charge in [0.05, 0.1) is 0 Å². The van der Waals surface area contributed by atoms with Crippen molar-refractivity contribution in [1.82, 2.24) is 14.8 Å². The van der Waals surface area contributed by atoms with Crippen LogP contribution in [0, 0.1) is 5.92 Å². The molecule has 1 aliphatic carbocycles. The Morgan fingerprint density at radius 3 is 2.92 bits per heavy atom. The van der Waals surface area contributed by atoms with Gasteiger partial charge in [0.25, 0.3) is 0 Å². The highest BCUT2D eigenvalue weighted by Crippen LogP contribution is 2.30. The van der Waals surface area contributed by atoms with Gasteiger partial charge in [-0.1, -0.05) is 6.42 Å². The fourth-order valence-electron chi connectivity index (χ4n) is 1.59. The van der Waals surface area contributed by atoms with E-state index in [-0.39, 0.29) is 5.78 Å². The van der Waals surface area contributed by atoms with Crippen LogP contribution in [0.2, 0.25) is 0 Å². The second-order valence-electron chi connectivity index (χ2n) is 3.69. The molecule has 70 valence electrons. The second kappa shape index (κ2) is 3.28. The molecule has 0 saturated heterocycles. The number of carbonyl (C=O) groups is 1. The smallest absolute Gasteiger partial charge is 0.200 e. The van der Waals surface area contributed by atoms with Crippen molar-refractivity contribution in [2.75, 3.05) is 0 Å². The molecule has 4 heteroatoms. The Kier molecular flexibility index (Phi) is 2.12. The molecular formula is C9H13N3O. The predicted molar refractivity (Wildman–Crippen MR) is 47.3 cm³/mol. The molecule has 4 nitrogen and oxygen atoms in total. The van der Waals surface area contributed by atoms with Gasteiger partial charge in [0.2, 0.25) is 0 Å². The number of hydrogen-bond donors (Lipinski definition) is 0. The first-order chi connectivity index (χ1) is 6.27. The number of aryl methyl sites for hydroxylation is 1. The molecule has 2 rings (SSSR count). The number of hydrogen-bond acceptors (Lipinski definition) is 3. The first kappa shape index (κ1) is 8.41. The number of carbonyl (C=O) groups excluding carboxylic acids is 1. The third-order valence-corrected chi connectivity index (χ3v) is 2.66. The largest absolute Gasteiger partial charge is 0.314 e. The third-order valence-electron chi connectivity index (χ3n) is 2.66. The van der Waals surface area contributed by atoms with Gasteiger partial charge in [-0.15, -0.1) is 10.2 Å². The Bertz CT molecular complexity index is 314. The normalized spacial score (nSPS) is 17.0. The van der Waals surface area contributed by atoms with Gasteiger partial charge in [0.15, 0.2) is 11.6 Å². The van der Waals surface area contributed by atoms with Crippen LogP contribution in [-0.2, 0) is 7.05 Å². The fourth-order valence-corrected chi connectivity index (χ4v) is 1.59. The summed E-state index contributed by atoms with van der Waals surface area (Å²) in [6, 6.07) is 0. The Labute approximate surface area is 77.0 Å². The molecule has 0 radical (unpaired) electrons. The van der Waals surface area contributed by atoms with Gasteiger partial charge in [0.1, 0.15) is 6.33 Å². The standard InChI is InChI=1S/C9H13N3O/c1-12-6-10-11-9(12)8(13)5-7-3-2-4-7/h6-7H,2-5H2,1H3. The van der Waals surface area contributed by atoms with Gasteiger partial charge in [-0.3, -0.25) is 4.79 Å². The van der Waals surface area contributed by atoms with E-state index in [1.165, 1.54) is 19.3 Å². The van der Waals surface area contributed by atoms with Gasteiger partial charge in [0, 0.05) is 13.5 Å². The van der Waals surface area contributed by atoms with E-state index in [1.54, 1.807) is 17.9 Å². The quantitative estimate of drug-likeness (QED) is 0.655. The molecule has 1 aliphatic rings. The average Bonchev–Trinajstić information content (AvgIpc) is 2.43. The van der Waals surface area contributed by atoms with Gasteiger partial charge in [-0.25, -0.2) is 0 Å². The summed E-state index contributed by atoms with van der Waals surface area (Å²) in [5.74, 6) is 1.22. The maximum atomic E-state index is 11.6. The molecule has 1 fully saturated rings. The van der Waals surface area contributed by atoms with E-state index in [4.69, 9.17) is 0 Å². The molecule has 0 aromatic carbocycles. The van der Waals surface area contributed by atoms with Crippen molar-refractivity contribution in [3.05, 3.63) is 12.2 Å². The highest BCUT2D eigenvalue weighted by Gasteiger charge is 2.23. The zero-order valence-electron chi connectivity index (χ0n) is 7.73. The van der Waals surface area contributed by atoms with E-state index >= 15 is 0 Å². The van der Waals surface area contributed by atoms with Crippen LogP contribution in [0.5, 0.6) is 0 Å². The van der Waals surface area contributed by atoms with Crippen molar-refractivity contribution in [3.63, 3.8) is 0 Å². The highest BCUT2D eigenvalue weighted by atomic mass is 16.1. The molecule has 0 N–H and O–H groups in total. The lowest BCUT2D eigenvalue weighted by Gasteiger charge is -2.23. The fraction of sp³-hybridized carbons (Fsp3) is 0.667. The van der Waals surface area contributed by atoms with Crippen molar-refractivity contribution < 1.29 is 4.79 Å². The molecule has 0 bridgehead atoms. The zero-order chi connectivity index (χ0) is 9.26. The number of nitrogens with zero attached hydrogens (tertiary/aromatic N) is 3. The number of Topliss-reactive ketones (excluding diaryl/α,β-unsaturated/α-hetero) is 1. The first-order valence-electron chi connectivity index (χ1n) is 4.64. The van der Waals surface area contributed by atoms with Crippen LogP contribution in [0.1, 0.15) is 36.3 Å². The lowest BCUT2D eigenvalue weighted by Crippen LogP contribution is -2.18. The molecule has 1 saturated carbocycles. The first-order valence-corrected chi connectivity index (χ1v) is 4.64. The summed E-state index contributed by atoms with van der Waals surface area (Å²) in [6.45, 7) is 0. The maximum Gasteiger partial charge on any atom is 0.200 e. The topological polar surface area (TPSA) is 47.8 Å². The van der Waals surface area contributed by atoms with E-state index in [0.717, 1.165) is 0 Å². The Morgan fingerprint density at radius 1 is 1.69 bits per heavy atom. The third kappa shape index (κ3) is 1.61. The molecule has 0 spiro atoms. The van der Waals surface area contributed by atoms with Crippen LogP contribution in [0.25, 0.3) is 0 Å². The van der Waals surface area contributed by atoms with Crippen LogP contribution < -0.4 is 0 Å². The maximum absolute atomic E-state index is 11.6. The number of ketones is 1. The molecule has 0 aliphatic heterocycles. The molecule has 1 aromatic rings. The molecule has 0 amide bonds. The minimum absolute atomic E-state index is 0.129. The van der Waals surface area contributed by atoms with Crippen LogP contribution in [-0.4, -0.2) is 20.5 Å². The minimum Gasteiger partial charge on any atom is -0.314 e. The van der Waals surface area contributed by atoms with Crippen LogP contribution >= 0.6 is 0 Å². The minimum atomic E-state index is 0.129. The van der Waals surface area contributed by atoms with E-state index in [2.05, 4.69) is 10.2 Å². The lowest BCUT2D eigenvalue weighted by molar-refractivity contribution is 0.0922. The highest BCUT2D eigenvalue weighted by molar-refractivity contribution is 5.92. The van der Waals surface area contributed by atoms with Crippen LogP contribution in [0.3, 0.4) is 0 Å². The lowest BCUT2D eigenvalue weighted by atomic mass is 9.82. The SMILES string of the molecule is Cn1cnnc1C(=O)CC1CCC1. The summed E-state index contributed by atoms with van der Waals surface area (Å²) in [4.78, 5) is 11.6. The summed E-state index contributed by atoms with van der Waals surface area (Å²) in [6.07, 6.45) is 5.88. The van der Waals surface area contributed by atoms with Gasteiger partial charge >= 0.3 is 0 Å². The Morgan fingerprint density at radius 2 is 2.46 bits per heavy atom. The monoisotopic (exact) mass is 179 g/mol. The molecular weight excluding hydrogens is 166 g/mol. The van der Waals surface area contributed by atoms with Gasteiger partial charge in [-0.2, -0.15) is 0 Å². The zero-order valence-corrected chi connectivity index (χ0v) is 7.73. The van der Waals surface area contributed by atoms with Crippen molar-refractivity contribution in [3.8, 4) is 0 Å². The molecule has 1 aromatic heterocycles. The van der Waals surface area contributed by atoms with Gasteiger partial charge in [-0.05, 0) is 18.8 Å². The number of rotatable bonds is 3. The van der Waals surface area contributed by atoms with E-state index in [9.17, 15) is 4.79 Å². The average molecular weight is 179 g/mol. The summed E-state index contributed by atoms with van der Waals surface area (Å²) in [5.41, 5.74) is 0. The Hall–Kier alpha value is -1.19. The molecule has 1 heterocycles. The van der Waals surface area contributed by atoms with Gasteiger partial charge < -0.3 is 4.57 Å². The molecule has 13 heavy (non-hydrogen) atoms. The molecule has 0 atom stereocenters. The predicted octanol–water partition coefficient (Wildman–Crippen LogP) is 1.19. The van der Waals surface area contributed by atoms with Crippen LogP contribution in [0.15, 0.2) is 6.33 Å². The number of aromatic nitrogens is 3. The van der Waals surface area contributed by atoms with Crippen molar-refractivity contribution in [2.45, 2.75) is 25.7 Å². The Balaban J connectivity index is 2.00. The van der Waals surface area contributed by atoms with E-state index < -0.39 is 0 Å². The van der Waals surface area contributed by atoms with Crippen molar-refractivity contribution in [1.29, 1.82) is 0 Å². The molecule has 0 unspecified atom stereocenters. The van der Waals surface area contributed by atoms with E-state index in [1.807, 2.05) is 0 Å². The summed E-state index contributed by atoms with van der Waals surface area (Å²) < 4.78 is 1.68. The van der Waals surface area contributed by atoms with Crippen LogP contribution in [0.4, 0.5) is 0 Å². The summed E-state index contributed by atoms with van der Waals surface area (Å²) in [7, 11) is 1.80. The van der Waals surface area contributed by atoms with E-state index in [0.29, 0.717) is 18.2 Å². The van der Waals surface area contributed by atoms with Crippen molar-refractivity contribution in [2.24, 2.45) is 13.0 Å². The summed E-state index contributed by atoms with van der Waals surface area (Å²) >= 11 is 0. The second-order valence-corrected chi connectivity index (χ2v) is 3.69. The summed E-state index contributed by atoms with van der Waals surface area (Å²) in [5, 5.41) is 7.48.